The van der Waals surface area contributed by atoms with Crippen molar-refractivity contribution in [1.29, 1.82) is 0 Å². The van der Waals surface area contributed by atoms with Gasteiger partial charge in [-0.05, 0) is 17.7 Å². The van der Waals surface area contributed by atoms with Crippen molar-refractivity contribution in [2.75, 3.05) is 5.43 Å². The molecule has 0 radical (unpaired) electrons. The molecule has 0 aliphatic carbocycles. The molecule has 0 bridgehead atoms. The van der Waals surface area contributed by atoms with Crippen LogP contribution in [0.25, 0.3) is 22.0 Å². The van der Waals surface area contributed by atoms with Gasteiger partial charge in [0.2, 0.25) is 5.13 Å². The molecule has 0 amide bonds. The average Bonchev–Trinajstić information content (AvgIpc) is 3.11. The van der Waals surface area contributed by atoms with Crippen molar-refractivity contribution in [1.82, 2.24) is 4.98 Å². The maximum absolute atomic E-state index is 4.60. The number of benzene rings is 3. The summed E-state index contributed by atoms with van der Waals surface area (Å²) in [5, 5.41) is 9.58. The van der Waals surface area contributed by atoms with E-state index in [9.17, 15) is 0 Å². The van der Waals surface area contributed by atoms with Crippen molar-refractivity contribution in [2.45, 2.75) is 6.92 Å². The van der Waals surface area contributed by atoms with Crippen LogP contribution in [0.2, 0.25) is 0 Å². The number of nitrogens with zero attached hydrogens (tertiary/aromatic N) is 2. The van der Waals surface area contributed by atoms with Gasteiger partial charge in [0.05, 0.1) is 11.9 Å². The van der Waals surface area contributed by atoms with Crippen LogP contribution in [-0.2, 0) is 0 Å². The lowest BCUT2D eigenvalue weighted by Crippen LogP contribution is -1.91. The highest BCUT2D eigenvalue weighted by atomic mass is 32.1. The molecule has 1 N–H and O–H groups in total. The number of rotatable bonds is 4. The van der Waals surface area contributed by atoms with E-state index >= 15 is 0 Å². The van der Waals surface area contributed by atoms with Crippen LogP contribution in [0.4, 0.5) is 5.13 Å². The average molecular weight is 343 g/mol. The Bertz CT molecular complexity index is 1030. The molecule has 0 unspecified atom stereocenters. The number of hydrazone groups is 1. The number of aromatic nitrogens is 1. The number of anilines is 1. The van der Waals surface area contributed by atoms with E-state index in [1.54, 1.807) is 11.3 Å². The molecule has 0 atom stereocenters. The minimum absolute atomic E-state index is 0.784. The molecule has 3 aromatic carbocycles. The van der Waals surface area contributed by atoms with Crippen LogP contribution in [-0.4, -0.2) is 11.2 Å². The Labute approximate surface area is 150 Å². The molecule has 1 heterocycles. The van der Waals surface area contributed by atoms with E-state index in [1.165, 1.54) is 16.3 Å². The van der Waals surface area contributed by atoms with Crippen molar-refractivity contribution >= 4 is 33.5 Å². The van der Waals surface area contributed by atoms with Gasteiger partial charge in [-0.2, -0.15) is 5.10 Å². The first kappa shape index (κ1) is 15.5. The Kier molecular flexibility index (Phi) is 4.27. The second-order valence-electron chi connectivity index (χ2n) is 5.84. The maximum Gasteiger partial charge on any atom is 0.203 e. The van der Waals surface area contributed by atoms with Gasteiger partial charge in [-0.25, -0.2) is 4.98 Å². The summed E-state index contributed by atoms with van der Waals surface area (Å²) in [5.41, 5.74) is 7.45. The minimum atomic E-state index is 0.784. The van der Waals surface area contributed by atoms with Gasteiger partial charge in [-0.15, -0.1) is 11.3 Å². The second kappa shape index (κ2) is 6.87. The molecular formula is C21H17N3S. The highest BCUT2D eigenvalue weighted by molar-refractivity contribution is 7.14. The third kappa shape index (κ3) is 3.44. The lowest BCUT2D eigenvalue weighted by molar-refractivity contribution is 1.29. The normalized spacial score (nSPS) is 11.2. The Morgan fingerprint density at radius 2 is 1.76 bits per heavy atom. The summed E-state index contributed by atoms with van der Waals surface area (Å²) in [6.45, 7) is 2.08. The van der Waals surface area contributed by atoms with E-state index in [2.05, 4.69) is 71.0 Å². The summed E-state index contributed by atoms with van der Waals surface area (Å²) >= 11 is 1.55. The summed E-state index contributed by atoms with van der Waals surface area (Å²) in [7, 11) is 0. The van der Waals surface area contributed by atoms with Crippen molar-refractivity contribution in [3.8, 4) is 11.3 Å². The maximum atomic E-state index is 4.60. The highest BCUT2D eigenvalue weighted by Gasteiger charge is 2.03. The van der Waals surface area contributed by atoms with Gasteiger partial charge in [0.25, 0.3) is 0 Å². The molecule has 4 aromatic rings. The van der Waals surface area contributed by atoms with Crippen LogP contribution in [0.5, 0.6) is 0 Å². The van der Waals surface area contributed by atoms with Gasteiger partial charge < -0.3 is 0 Å². The highest BCUT2D eigenvalue weighted by Crippen LogP contribution is 2.25. The molecule has 0 saturated carbocycles. The molecule has 1 aromatic heterocycles. The smallest absolute Gasteiger partial charge is 0.203 e. The molecular weight excluding hydrogens is 326 g/mol. The fourth-order valence-electron chi connectivity index (χ4n) is 2.70. The molecule has 0 saturated heterocycles. The van der Waals surface area contributed by atoms with Crippen molar-refractivity contribution in [3.63, 3.8) is 0 Å². The summed E-state index contributed by atoms with van der Waals surface area (Å²) in [5.74, 6) is 0. The quantitative estimate of drug-likeness (QED) is 0.380. The van der Waals surface area contributed by atoms with Crippen molar-refractivity contribution < 1.29 is 0 Å². The molecule has 4 rings (SSSR count). The molecule has 0 aliphatic heterocycles. The Hall–Kier alpha value is -2.98. The summed E-state index contributed by atoms with van der Waals surface area (Å²) in [4.78, 5) is 4.60. The van der Waals surface area contributed by atoms with Crippen LogP contribution in [0, 0.1) is 6.92 Å². The minimum Gasteiger partial charge on any atom is -0.253 e. The number of thiazole rings is 1. The molecule has 0 spiro atoms. The third-order valence-corrected chi connectivity index (χ3v) is 4.79. The molecule has 3 nitrogen and oxygen atoms in total. The number of nitrogens with one attached hydrogen (secondary N) is 1. The van der Waals surface area contributed by atoms with E-state index < -0.39 is 0 Å². The first-order valence-electron chi connectivity index (χ1n) is 8.09. The third-order valence-electron chi connectivity index (χ3n) is 4.04. The number of hydrogen-bond donors (Lipinski definition) is 1. The van der Waals surface area contributed by atoms with Gasteiger partial charge in [-0.1, -0.05) is 72.3 Å². The predicted octanol–water partition coefficient (Wildman–Crippen LogP) is 5.72. The zero-order valence-corrected chi connectivity index (χ0v) is 14.6. The van der Waals surface area contributed by atoms with Crippen LogP contribution in [0.15, 0.2) is 77.2 Å². The monoisotopic (exact) mass is 343 g/mol. The van der Waals surface area contributed by atoms with Crippen molar-refractivity contribution in [3.05, 3.63) is 83.2 Å². The number of fused-ring (bicyclic) bond motifs is 1. The molecule has 122 valence electrons. The largest absolute Gasteiger partial charge is 0.253 e. The lowest BCUT2D eigenvalue weighted by Gasteiger charge is -2.01. The zero-order chi connectivity index (χ0) is 17.1. The second-order valence-corrected chi connectivity index (χ2v) is 6.70. The lowest BCUT2D eigenvalue weighted by atomic mass is 10.1. The summed E-state index contributed by atoms with van der Waals surface area (Å²) in [6.07, 6.45) is 1.84. The van der Waals surface area contributed by atoms with Crippen LogP contribution in [0.3, 0.4) is 0 Å². The van der Waals surface area contributed by atoms with E-state index in [4.69, 9.17) is 0 Å². The van der Waals surface area contributed by atoms with Gasteiger partial charge in [0.15, 0.2) is 0 Å². The van der Waals surface area contributed by atoms with Gasteiger partial charge in [0, 0.05) is 16.5 Å². The van der Waals surface area contributed by atoms with E-state index in [1.807, 2.05) is 29.8 Å². The van der Waals surface area contributed by atoms with E-state index in [0.717, 1.165) is 22.0 Å². The van der Waals surface area contributed by atoms with Crippen molar-refractivity contribution in [2.24, 2.45) is 5.10 Å². The standard InChI is InChI=1S/C21H17N3S/c1-15-9-11-17(12-10-15)20-14-25-21(23-20)24-22-13-18-7-4-6-16-5-2-3-8-19(16)18/h2-14H,1H3,(H,23,24)/b22-13-. The van der Waals surface area contributed by atoms with E-state index in [-0.39, 0.29) is 0 Å². The van der Waals surface area contributed by atoms with E-state index in [0.29, 0.717) is 0 Å². The molecule has 25 heavy (non-hydrogen) atoms. The van der Waals surface area contributed by atoms with Gasteiger partial charge in [0.1, 0.15) is 0 Å². The number of hydrogen-bond acceptors (Lipinski definition) is 4. The SMILES string of the molecule is Cc1ccc(-c2csc(N/N=C\c3cccc4ccccc34)n2)cc1. The molecule has 0 aliphatic rings. The zero-order valence-electron chi connectivity index (χ0n) is 13.8. The Morgan fingerprint density at radius 1 is 0.960 bits per heavy atom. The molecule has 0 fully saturated rings. The summed E-state index contributed by atoms with van der Waals surface area (Å²) < 4.78 is 0. The first-order chi connectivity index (χ1) is 12.3. The molecule has 4 heteroatoms. The summed E-state index contributed by atoms with van der Waals surface area (Å²) in [6, 6.07) is 22.9. The van der Waals surface area contributed by atoms with Gasteiger partial charge in [-0.3, -0.25) is 5.43 Å². The predicted molar refractivity (Wildman–Crippen MR) is 107 cm³/mol. The van der Waals surface area contributed by atoms with Gasteiger partial charge >= 0.3 is 0 Å². The fourth-order valence-corrected chi connectivity index (χ4v) is 3.37. The topological polar surface area (TPSA) is 37.3 Å². The number of aryl methyl sites for hydroxylation is 1. The van der Waals surface area contributed by atoms with Crippen LogP contribution < -0.4 is 5.43 Å². The van der Waals surface area contributed by atoms with Crippen LogP contribution >= 0.6 is 11.3 Å². The Balaban J connectivity index is 1.51. The first-order valence-corrected chi connectivity index (χ1v) is 8.97. The van der Waals surface area contributed by atoms with Crippen LogP contribution in [0.1, 0.15) is 11.1 Å². The Morgan fingerprint density at radius 3 is 2.64 bits per heavy atom. The fraction of sp³-hybridized carbons (Fsp3) is 0.0476.